The third-order valence-electron chi connectivity index (χ3n) is 4.18. The zero-order valence-corrected chi connectivity index (χ0v) is 15.0. The number of anilines is 3. The van der Waals surface area contributed by atoms with Gasteiger partial charge in [-0.25, -0.2) is 9.97 Å². The van der Waals surface area contributed by atoms with Gasteiger partial charge in [0.2, 0.25) is 5.95 Å². The number of aliphatic hydroxyl groups is 1. The number of aromatic nitrogens is 3. The molecule has 3 N–H and O–H groups in total. The van der Waals surface area contributed by atoms with Gasteiger partial charge in [0.15, 0.2) is 5.60 Å². The average molecular weight is 363 g/mol. The number of nitrogens with zero attached hydrogens (tertiary/aromatic N) is 4. The number of hydrogen-bond acceptors (Lipinski definition) is 7. The maximum atomic E-state index is 10.5. The highest BCUT2D eigenvalue weighted by Gasteiger charge is 2.24. The Bertz CT molecular complexity index is 1000. The second-order valence-corrected chi connectivity index (χ2v) is 7.08. The van der Waals surface area contributed by atoms with Crippen molar-refractivity contribution in [2.45, 2.75) is 18.9 Å². The van der Waals surface area contributed by atoms with Crippen molar-refractivity contribution in [2.24, 2.45) is 0 Å². The summed E-state index contributed by atoms with van der Waals surface area (Å²) in [4.78, 5) is 14.7. The van der Waals surface area contributed by atoms with Crippen molar-refractivity contribution in [2.75, 3.05) is 17.2 Å². The average Bonchev–Trinajstić information content (AvgIpc) is 3.30. The monoisotopic (exact) mass is 363 g/mol. The van der Waals surface area contributed by atoms with Crippen molar-refractivity contribution >= 4 is 28.8 Å². The van der Waals surface area contributed by atoms with Gasteiger partial charge in [-0.2, -0.15) is 4.98 Å². The Balaban J connectivity index is 1.64. The molecule has 7 heteroatoms. The van der Waals surface area contributed by atoms with E-state index in [1.54, 1.807) is 19.3 Å². The molecule has 26 heavy (non-hydrogen) atoms. The maximum Gasteiger partial charge on any atom is 0.221 e. The zero-order valence-electron chi connectivity index (χ0n) is 14.2. The van der Waals surface area contributed by atoms with Crippen LogP contribution in [0.25, 0.3) is 0 Å². The summed E-state index contributed by atoms with van der Waals surface area (Å²) in [5.41, 5.74) is 7.36. The lowest BCUT2D eigenvalue weighted by atomic mass is 10.1. The minimum atomic E-state index is -1.27. The van der Waals surface area contributed by atoms with Crippen LogP contribution in [0.3, 0.4) is 0 Å². The highest BCUT2D eigenvalue weighted by atomic mass is 32.1. The first-order valence-corrected chi connectivity index (χ1v) is 9.05. The Hall–Kier alpha value is -2.95. The van der Waals surface area contributed by atoms with E-state index >= 15 is 0 Å². The lowest BCUT2D eigenvalue weighted by molar-refractivity contribution is 0.122. The van der Waals surface area contributed by atoms with Crippen LogP contribution < -0.4 is 10.6 Å². The van der Waals surface area contributed by atoms with Crippen LogP contribution in [-0.4, -0.2) is 26.6 Å². The molecule has 130 valence electrons. The van der Waals surface area contributed by atoms with Gasteiger partial charge in [0, 0.05) is 41.1 Å². The van der Waals surface area contributed by atoms with Crippen molar-refractivity contribution < 1.29 is 5.11 Å². The van der Waals surface area contributed by atoms with Crippen LogP contribution in [-0.2, 0) is 12.0 Å². The molecule has 3 heterocycles. The van der Waals surface area contributed by atoms with E-state index in [2.05, 4.69) is 31.7 Å². The number of fused-ring (bicyclic) bond motifs is 1. The maximum absolute atomic E-state index is 10.5. The molecule has 0 saturated heterocycles. The minimum Gasteiger partial charge on any atom is -0.371 e. The van der Waals surface area contributed by atoms with Crippen molar-refractivity contribution in [1.82, 2.24) is 15.0 Å². The lowest BCUT2D eigenvalue weighted by Gasteiger charge is -2.18. The largest absolute Gasteiger partial charge is 0.371 e. The number of hydrogen-bond donors (Lipinski definition) is 2. The van der Waals surface area contributed by atoms with Crippen molar-refractivity contribution in [3.63, 3.8) is 0 Å². The molecule has 4 rings (SSSR count). The van der Waals surface area contributed by atoms with Crippen LogP contribution in [0.15, 0.2) is 42.0 Å². The standard InChI is InChI=1S/C19H17N5OS/c1-19(25,17-21-8-10-26-17)7-5-13-3-2-4-15(11-13)24-9-6-14-12-22-18(20)23-16(14)24/h2-4,8,10-12,25H,6,9H2,1H3,(H2,20,22,23). The Morgan fingerprint density at radius 1 is 1.35 bits per heavy atom. The summed E-state index contributed by atoms with van der Waals surface area (Å²) in [5, 5.41) is 12.9. The van der Waals surface area contributed by atoms with E-state index in [1.807, 2.05) is 29.6 Å². The molecule has 0 spiro atoms. The molecule has 1 atom stereocenters. The molecule has 0 fully saturated rings. The fourth-order valence-electron chi connectivity index (χ4n) is 2.87. The van der Waals surface area contributed by atoms with E-state index in [0.29, 0.717) is 5.01 Å². The second-order valence-electron chi connectivity index (χ2n) is 6.19. The lowest BCUT2D eigenvalue weighted by Crippen LogP contribution is -2.18. The smallest absolute Gasteiger partial charge is 0.221 e. The third kappa shape index (κ3) is 3.12. The van der Waals surface area contributed by atoms with Gasteiger partial charge in [-0.15, -0.1) is 11.3 Å². The van der Waals surface area contributed by atoms with Crippen LogP contribution in [0.4, 0.5) is 17.5 Å². The van der Waals surface area contributed by atoms with E-state index in [1.165, 1.54) is 11.3 Å². The Morgan fingerprint density at radius 3 is 3.04 bits per heavy atom. The second kappa shape index (κ2) is 6.41. The van der Waals surface area contributed by atoms with Gasteiger partial charge in [0.05, 0.1) is 0 Å². The first kappa shape index (κ1) is 16.5. The summed E-state index contributed by atoms with van der Waals surface area (Å²) in [5.74, 6) is 7.08. The molecule has 0 amide bonds. The number of rotatable bonds is 2. The molecule has 0 aliphatic carbocycles. The van der Waals surface area contributed by atoms with E-state index in [9.17, 15) is 5.11 Å². The number of thiazole rings is 1. The first-order chi connectivity index (χ1) is 12.5. The Labute approximate surface area is 155 Å². The van der Waals surface area contributed by atoms with Gasteiger partial charge in [-0.1, -0.05) is 17.9 Å². The Kier molecular flexibility index (Phi) is 4.07. The molecular weight excluding hydrogens is 346 g/mol. The SMILES string of the molecule is CC(O)(C#Cc1cccc(N2CCc3cnc(N)nc32)c1)c1nccs1. The number of nitrogen functional groups attached to an aromatic ring is 1. The summed E-state index contributed by atoms with van der Waals surface area (Å²) >= 11 is 1.38. The summed E-state index contributed by atoms with van der Waals surface area (Å²) in [7, 11) is 0. The predicted octanol–water partition coefficient (Wildman–Crippen LogP) is 2.47. The van der Waals surface area contributed by atoms with Gasteiger partial charge in [-0.05, 0) is 31.5 Å². The van der Waals surface area contributed by atoms with Crippen LogP contribution >= 0.6 is 11.3 Å². The molecule has 1 aliphatic heterocycles. The van der Waals surface area contributed by atoms with Gasteiger partial charge in [0.1, 0.15) is 10.8 Å². The molecule has 1 unspecified atom stereocenters. The topological polar surface area (TPSA) is 88.2 Å². The highest BCUT2D eigenvalue weighted by molar-refractivity contribution is 7.09. The molecule has 1 aliphatic rings. The van der Waals surface area contributed by atoms with Crippen LogP contribution in [0.2, 0.25) is 0 Å². The summed E-state index contributed by atoms with van der Waals surface area (Å²) in [6, 6.07) is 7.86. The molecule has 0 saturated carbocycles. The van der Waals surface area contributed by atoms with E-state index in [4.69, 9.17) is 5.73 Å². The highest BCUT2D eigenvalue weighted by Crippen LogP contribution is 2.33. The Morgan fingerprint density at radius 2 is 2.23 bits per heavy atom. The number of benzene rings is 1. The van der Waals surface area contributed by atoms with E-state index < -0.39 is 5.60 Å². The molecule has 6 nitrogen and oxygen atoms in total. The van der Waals surface area contributed by atoms with Crippen molar-refractivity contribution in [3.05, 3.63) is 58.2 Å². The minimum absolute atomic E-state index is 0.270. The third-order valence-corrected chi connectivity index (χ3v) is 5.16. The molecule has 2 aromatic heterocycles. The fourth-order valence-corrected chi connectivity index (χ4v) is 3.53. The quantitative estimate of drug-likeness (QED) is 0.680. The normalized spacial score (nSPS) is 15.1. The molecular formula is C19H17N5OS. The summed E-state index contributed by atoms with van der Waals surface area (Å²) < 4.78 is 0. The summed E-state index contributed by atoms with van der Waals surface area (Å²) in [6.45, 7) is 2.47. The molecule has 1 aromatic carbocycles. The fraction of sp³-hybridized carbons (Fsp3) is 0.211. The molecule has 3 aromatic rings. The van der Waals surface area contributed by atoms with Gasteiger partial charge in [-0.3, -0.25) is 0 Å². The van der Waals surface area contributed by atoms with Crippen LogP contribution in [0, 0.1) is 11.8 Å². The summed E-state index contributed by atoms with van der Waals surface area (Å²) in [6.07, 6.45) is 4.33. The van der Waals surface area contributed by atoms with Crippen molar-refractivity contribution in [1.29, 1.82) is 0 Å². The predicted molar refractivity (Wildman–Crippen MR) is 102 cm³/mol. The van der Waals surface area contributed by atoms with Gasteiger partial charge in [0.25, 0.3) is 0 Å². The van der Waals surface area contributed by atoms with E-state index in [-0.39, 0.29) is 5.95 Å². The van der Waals surface area contributed by atoms with E-state index in [0.717, 1.165) is 35.6 Å². The zero-order chi connectivity index (χ0) is 18.1. The van der Waals surface area contributed by atoms with Crippen LogP contribution in [0.5, 0.6) is 0 Å². The van der Waals surface area contributed by atoms with Gasteiger partial charge >= 0.3 is 0 Å². The van der Waals surface area contributed by atoms with Crippen LogP contribution in [0.1, 0.15) is 23.1 Å². The van der Waals surface area contributed by atoms with Gasteiger partial charge < -0.3 is 15.7 Å². The number of nitrogens with two attached hydrogens (primary N) is 1. The molecule has 0 radical (unpaired) electrons. The molecule has 0 bridgehead atoms. The first-order valence-electron chi connectivity index (χ1n) is 8.17. The van der Waals surface area contributed by atoms with Crippen molar-refractivity contribution in [3.8, 4) is 11.8 Å².